The highest BCUT2D eigenvalue weighted by Crippen LogP contribution is 2.37. The van der Waals surface area contributed by atoms with E-state index in [0.717, 1.165) is 11.1 Å². The summed E-state index contributed by atoms with van der Waals surface area (Å²) in [5.74, 6) is 0.166. The maximum absolute atomic E-state index is 11.1. The minimum atomic E-state index is 0.166. The monoisotopic (exact) mass is 308 g/mol. The van der Waals surface area contributed by atoms with E-state index in [2.05, 4.69) is 11.1 Å². The molecule has 22 heavy (non-hydrogen) atoms. The Balaban J connectivity index is 2.32. The second-order valence-corrected chi connectivity index (χ2v) is 5.83. The number of nitrogen functional groups attached to an aromatic ring is 2. The molecule has 108 valence electrons. The van der Waals surface area contributed by atoms with Gasteiger partial charge in [-0.3, -0.25) is 4.79 Å². The number of fused-ring (bicyclic) bond motifs is 1. The summed E-state index contributed by atoms with van der Waals surface area (Å²) in [6, 6.07) is 11.8. The van der Waals surface area contributed by atoms with Gasteiger partial charge in [0.1, 0.15) is 16.7 Å². The van der Waals surface area contributed by atoms with E-state index in [-0.39, 0.29) is 5.82 Å². The van der Waals surface area contributed by atoms with Crippen molar-refractivity contribution in [3.05, 3.63) is 51.9 Å². The minimum absolute atomic E-state index is 0.166. The van der Waals surface area contributed by atoms with Gasteiger partial charge >= 0.3 is 0 Å². The highest BCUT2D eigenvalue weighted by Gasteiger charge is 2.20. The molecule has 0 atom stereocenters. The fourth-order valence-electron chi connectivity index (χ4n) is 2.45. The van der Waals surface area contributed by atoms with Crippen LogP contribution in [0.5, 0.6) is 0 Å². The topological polar surface area (TPSA) is 106 Å². The first-order chi connectivity index (χ1) is 10.7. The molecule has 0 spiro atoms. The molecule has 0 radical (unpaired) electrons. The van der Waals surface area contributed by atoms with Crippen LogP contribution in [0, 0.1) is 11.3 Å². The number of benzene rings is 1. The lowest BCUT2D eigenvalue weighted by molar-refractivity contribution is 0.112. The smallest absolute Gasteiger partial charge is 0.162 e. The third-order valence-electron chi connectivity index (χ3n) is 3.48. The normalized spacial score (nSPS) is 10.5. The summed E-state index contributed by atoms with van der Waals surface area (Å²) in [5.41, 5.74) is 14.4. The molecule has 3 aromatic rings. The number of nitriles is 1. The van der Waals surface area contributed by atoms with E-state index in [1.165, 1.54) is 11.3 Å². The summed E-state index contributed by atoms with van der Waals surface area (Å²) < 4.78 is 0. The maximum atomic E-state index is 11.1. The molecule has 0 amide bonds. The number of hydrogen-bond donors (Lipinski definition) is 2. The molecule has 1 aromatic carbocycles. The standard InChI is InChI=1S/C16H12N4OS/c17-7-11-10(6-9-4-2-1-3-5-9)13-14(18)12(8-21)22-16(13)20-15(11)19/h1-5,8H,6,18H2,(H2,19,20). The molecular weight excluding hydrogens is 296 g/mol. The van der Waals surface area contributed by atoms with Crippen LogP contribution < -0.4 is 11.5 Å². The van der Waals surface area contributed by atoms with Gasteiger partial charge in [0.05, 0.1) is 16.1 Å². The van der Waals surface area contributed by atoms with Gasteiger partial charge in [-0.25, -0.2) is 4.98 Å². The summed E-state index contributed by atoms with van der Waals surface area (Å²) in [6.07, 6.45) is 1.21. The quantitative estimate of drug-likeness (QED) is 0.724. The van der Waals surface area contributed by atoms with E-state index in [4.69, 9.17) is 11.5 Å². The van der Waals surface area contributed by atoms with Gasteiger partial charge in [-0.2, -0.15) is 5.26 Å². The van der Waals surface area contributed by atoms with Crippen molar-refractivity contribution in [2.75, 3.05) is 11.5 Å². The van der Waals surface area contributed by atoms with Crippen molar-refractivity contribution >= 4 is 39.3 Å². The number of nitrogens with zero attached hydrogens (tertiary/aromatic N) is 2. The van der Waals surface area contributed by atoms with Gasteiger partial charge in [0, 0.05) is 5.39 Å². The molecule has 0 unspecified atom stereocenters. The zero-order chi connectivity index (χ0) is 15.7. The van der Waals surface area contributed by atoms with Gasteiger partial charge in [-0.1, -0.05) is 30.3 Å². The molecule has 3 rings (SSSR count). The van der Waals surface area contributed by atoms with E-state index in [1.54, 1.807) is 0 Å². The van der Waals surface area contributed by atoms with E-state index in [9.17, 15) is 10.1 Å². The van der Waals surface area contributed by atoms with E-state index < -0.39 is 0 Å². The predicted molar refractivity (Wildman–Crippen MR) is 87.8 cm³/mol. The highest BCUT2D eigenvalue weighted by atomic mass is 32.1. The molecule has 0 aliphatic rings. The van der Waals surface area contributed by atoms with Crippen LogP contribution in [-0.4, -0.2) is 11.3 Å². The molecule has 0 saturated heterocycles. The Labute approximate surface area is 130 Å². The number of aromatic nitrogens is 1. The Hall–Kier alpha value is -2.91. The van der Waals surface area contributed by atoms with Gasteiger partial charge in [0.25, 0.3) is 0 Å². The summed E-state index contributed by atoms with van der Waals surface area (Å²) in [4.78, 5) is 16.3. The van der Waals surface area contributed by atoms with Crippen molar-refractivity contribution in [2.24, 2.45) is 0 Å². The first-order valence-corrected chi connectivity index (χ1v) is 7.37. The zero-order valence-corrected chi connectivity index (χ0v) is 12.4. The number of nitrogens with two attached hydrogens (primary N) is 2. The third kappa shape index (κ3) is 2.18. The molecule has 2 heterocycles. The Kier molecular flexibility index (Phi) is 3.49. The molecule has 0 aliphatic carbocycles. The van der Waals surface area contributed by atoms with E-state index in [1.807, 2.05) is 30.3 Å². The van der Waals surface area contributed by atoms with Crippen LogP contribution in [0.15, 0.2) is 30.3 Å². The number of carbonyl (C=O) groups excluding carboxylic acids is 1. The lowest BCUT2D eigenvalue weighted by Crippen LogP contribution is -2.02. The van der Waals surface area contributed by atoms with E-state index in [0.29, 0.717) is 39.1 Å². The lowest BCUT2D eigenvalue weighted by atomic mass is 9.97. The van der Waals surface area contributed by atoms with Gasteiger partial charge in [0.15, 0.2) is 6.29 Å². The molecular formula is C16H12N4OS. The molecule has 0 fully saturated rings. The van der Waals surface area contributed by atoms with E-state index >= 15 is 0 Å². The van der Waals surface area contributed by atoms with Crippen molar-refractivity contribution in [2.45, 2.75) is 6.42 Å². The number of carbonyl (C=O) groups is 1. The minimum Gasteiger partial charge on any atom is -0.397 e. The van der Waals surface area contributed by atoms with Crippen LogP contribution in [0.3, 0.4) is 0 Å². The van der Waals surface area contributed by atoms with Crippen LogP contribution in [0.2, 0.25) is 0 Å². The van der Waals surface area contributed by atoms with Crippen LogP contribution in [0.25, 0.3) is 10.2 Å². The van der Waals surface area contributed by atoms with Crippen molar-refractivity contribution in [3.8, 4) is 6.07 Å². The van der Waals surface area contributed by atoms with Crippen molar-refractivity contribution in [3.63, 3.8) is 0 Å². The zero-order valence-electron chi connectivity index (χ0n) is 11.5. The highest BCUT2D eigenvalue weighted by molar-refractivity contribution is 7.20. The van der Waals surface area contributed by atoms with Crippen LogP contribution in [-0.2, 0) is 6.42 Å². The van der Waals surface area contributed by atoms with Gasteiger partial charge in [-0.05, 0) is 17.5 Å². The molecule has 6 heteroatoms. The maximum Gasteiger partial charge on any atom is 0.162 e. The Morgan fingerprint density at radius 2 is 2.00 bits per heavy atom. The van der Waals surface area contributed by atoms with Crippen molar-refractivity contribution < 1.29 is 4.79 Å². The van der Waals surface area contributed by atoms with Crippen molar-refractivity contribution in [1.82, 2.24) is 4.98 Å². The average molecular weight is 308 g/mol. The van der Waals surface area contributed by atoms with Gasteiger partial charge < -0.3 is 11.5 Å². The Morgan fingerprint density at radius 1 is 1.27 bits per heavy atom. The molecule has 5 nitrogen and oxygen atoms in total. The second kappa shape index (κ2) is 5.47. The summed E-state index contributed by atoms with van der Waals surface area (Å²) in [5, 5.41) is 10.1. The summed E-state index contributed by atoms with van der Waals surface area (Å²) in [6.45, 7) is 0. The number of thiophene rings is 1. The number of aldehydes is 1. The fourth-order valence-corrected chi connectivity index (χ4v) is 3.40. The van der Waals surface area contributed by atoms with Crippen LogP contribution in [0.1, 0.15) is 26.4 Å². The lowest BCUT2D eigenvalue weighted by Gasteiger charge is -2.09. The second-order valence-electron chi connectivity index (χ2n) is 4.80. The molecule has 0 aliphatic heterocycles. The molecule has 4 N–H and O–H groups in total. The van der Waals surface area contributed by atoms with Crippen LogP contribution >= 0.6 is 11.3 Å². The number of pyridine rings is 1. The molecule has 0 bridgehead atoms. The Bertz CT molecular complexity index is 910. The van der Waals surface area contributed by atoms with Crippen molar-refractivity contribution in [1.29, 1.82) is 5.26 Å². The SMILES string of the molecule is N#Cc1c(N)nc2sc(C=O)c(N)c2c1Cc1ccccc1. The number of hydrogen-bond acceptors (Lipinski definition) is 6. The largest absolute Gasteiger partial charge is 0.397 e. The summed E-state index contributed by atoms with van der Waals surface area (Å²) >= 11 is 1.19. The first-order valence-electron chi connectivity index (χ1n) is 6.55. The first kappa shape index (κ1) is 14.0. The van der Waals surface area contributed by atoms with Gasteiger partial charge in [0.2, 0.25) is 0 Å². The Morgan fingerprint density at radius 3 is 2.64 bits per heavy atom. The molecule has 0 saturated carbocycles. The fraction of sp³-hybridized carbons (Fsp3) is 0.0625. The number of anilines is 2. The van der Waals surface area contributed by atoms with Gasteiger partial charge in [-0.15, -0.1) is 11.3 Å². The molecule has 2 aromatic heterocycles. The summed E-state index contributed by atoms with van der Waals surface area (Å²) in [7, 11) is 0. The average Bonchev–Trinajstić information content (AvgIpc) is 2.84. The van der Waals surface area contributed by atoms with Crippen LogP contribution in [0.4, 0.5) is 11.5 Å². The predicted octanol–water partition coefficient (Wildman–Crippen LogP) is 2.74. The third-order valence-corrected chi connectivity index (χ3v) is 4.50. The number of rotatable bonds is 3.